The van der Waals surface area contributed by atoms with Gasteiger partial charge in [0.15, 0.2) is 0 Å². The van der Waals surface area contributed by atoms with Gasteiger partial charge in [0.2, 0.25) is 0 Å². The number of benzene rings is 2. The number of hydrogen-bond donors (Lipinski definition) is 1. The number of fused-ring (bicyclic) bond motifs is 1. The third kappa shape index (κ3) is 2.94. The van der Waals surface area contributed by atoms with Crippen LogP contribution in [0.3, 0.4) is 0 Å². The summed E-state index contributed by atoms with van der Waals surface area (Å²) in [7, 11) is 1.72. The number of methoxy groups -OCH3 is 1. The molecule has 4 heteroatoms. The van der Waals surface area contributed by atoms with E-state index < -0.39 is 0 Å². The van der Waals surface area contributed by atoms with Crippen LogP contribution in [0.15, 0.2) is 54.6 Å². The van der Waals surface area contributed by atoms with Crippen molar-refractivity contribution < 1.29 is 9.84 Å². The van der Waals surface area contributed by atoms with Crippen LogP contribution >= 0.6 is 0 Å². The van der Waals surface area contributed by atoms with E-state index >= 15 is 0 Å². The summed E-state index contributed by atoms with van der Waals surface area (Å²) in [5.41, 5.74) is 3.11. The number of hydrogen-bond acceptors (Lipinski definition) is 4. The molecule has 4 nitrogen and oxygen atoms in total. The molecule has 0 amide bonds. The highest BCUT2D eigenvalue weighted by molar-refractivity contribution is 5.81. The molecule has 2 heterocycles. The number of aromatic nitrogens is 1. The third-order valence-corrected chi connectivity index (χ3v) is 5.02. The summed E-state index contributed by atoms with van der Waals surface area (Å²) < 4.78 is 5.53. The molecule has 1 aromatic heterocycles. The Labute approximate surface area is 147 Å². The number of pyridine rings is 1. The monoisotopic (exact) mass is 334 g/mol. The second-order valence-corrected chi connectivity index (χ2v) is 6.50. The molecule has 4 rings (SSSR count). The quantitative estimate of drug-likeness (QED) is 0.790. The van der Waals surface area contributed by atoms with Crippen molar-refractivity contribution in [3.63, 3.8) is 0 Å². The van der Waals surface area contributed by atoms with Crippen molar-refractivity contribution in [1.29, 1.82) is 0 Å². The van der Waals surface area contributed by atoms with Crippen molar-refractivity contribution in [3.05, 3.63) is 65.7 Å². The van der Waals surface area contributed by atoms with E-state index in [0.29, 0.717) is 5.92 Å². The van der Waals surface area contributed by atoms with Crippen LogP contribution in [0.4, 0.5) is 5.82 Å². The van der Waals surface area contributed by atoms with Crippen LogP contribution in [-0.4, -0.2) is 30.3 Å². The Kier molecular flexibility index (Phi) is 4.28. The maximum Gasteiger partial charge on any atom is 0.134 e. The van der Waals surface area contributed by atoms with Gasteiger partial charge in [-0.05, 0) is 30.2 Å². The minimum Gasteiger partial charge on any atom is -0.496 e. The lowest BCUT2D eigenvalue weighted by atomic mass is 9.97. The molecular formula is C21H22N2O2. The Morgan fingerprint density at radius 3 is 2.80 bits per heavy atom. The minimum absolute atomic E-state index is 0.00297. The van der Waals surface area contributed by atoms with Crippen molar-refractivity contribution >= 4 is 16.7 Å². The van der Waals surface area contributed by atoms with E-state index in [9.17, 15) is 5.11 Å². The van der Waals surface area contributed by atoms with Gasteiger partial charge in [0.25, 0.3) is 0 Å². The molecule has 1 N–H and O–H groups in total. The van der Waals surface area contributed by atoms with Gasteiger partial charge in [-0.1, -0.05) is 36.4 Å². The number of aliphatic hydroxyl groups excluding tert-OH is 1. The van der Waals surface area contributed by atoms with Crippen LogP contribution in [0.5, 0.6) is 5.75 Å². The first kappa shape index (κ1) is 15.9. The molecule has 1 fully saturated rings. The standard InChI is InChI=1S/C21H22N2O2/c1-25-20-9-5-3-7-18(20)16-10-11-23(13-16)21-17(14-24)12-15-6-2-4-8-19(15)22-21/h2-9,12,16,24H,10-11,13-14H2,1H3. The maximum absolute atomic E-state index is 9.82. The summed E-state index contributed by atoms with van der Waals surface area (Å²) >= 11 is 0. The van der Waals surface area contributed by atoms with Gasteiger partial charge in [-0.15, -0.1) is 0 Å². The van der Waals surface area contributed by atoms with E-state index in [4.69, 9.17) is 9.72 Å². The smallest absolute Gasteiger partial charge is 0.134 e. The Morgan fingerprint density at radius 2 is 1.96 bits per heavy atom. The first-order valence-corrected chi connectivity index (χ1v) is 8.67. The van der Waals surface area contributed by atoms with Crippen molar-refractivity contribution in [2.45, 2.75) is 18.9 Å². The molecule has 1 aliphatic rings. The molecular weight excluding hydrogens is 312 g/mol. The summed E-state index contributed by atoms with van der Waals surface area (Å²) in [6.45, 7) is 1.82. The number of ether oxygens (including phenoxy) is 1. The fourth-order valence-corrected chi connectivity index (χ4v) is 3.75. The van der Waals surface area contributed by atoms with Gasteiger partial charge >= 0.3 is 0 Å². The van der Waals surface area contributed by atoms with Gasteiger partial charge < -0.3 is 14.7 Å². The molecule has 1 unspecified atom stereocenters. The van der Waals surface area contributed by atoms with E-state index in [1.54, 1.807) is 7.11 Å². The zero-order valence-electron chi connectivity index (χ0n) is 14.4. The van der Waals surface area contributed by atoms with E-state index in [0.717, 1.165) is 47.5 Å². The van der Waals surface area contributed by atoms with Gasteiger partial charge in [0.1, 0.15) is 11.6 Å². The van der Waals surface area contributed by atoms with Gasteiger partial charge in [-0.25, -0.2) is 4.98 Å². The number of anilines is 1. The molecule has 1 aliphatic heterocycles. The van der Waals surface area contributed by atoms with Crippen molar-refractivity contribution in [3.8, 4) is 5.75 Å². The molecule has 3 aromatic rings. The Balaban J connectivity index is 1.66. The van der Waals surface area contributed by atoms with Crippen LogP contribution in [0.25, 0.3) is 10.9 Å². The molecule has 0 radical (unpaired) electrons. The van der Waals surface area contributed by atoms with Crippen LogP contribution in [-0.2, 0) is 6.61 Å². The average molecular weight is 334 g/mol. The van der Waals surface area contributed by atoms with Crippen LogP contribution < -0.4 is 9.64 Å². The molecule has 2 aromatic carbocycles. The van der Waals surface area contributed by atoms with Crippen molar-refractivity contribution in [1.82, 2.24) is 4.98 Å². The Morgan fingerprint density at radius 1 is 1.16 bits per heavy atom. The van der Waals surface area contributed by atoms with Crippen LogP contribution in [0.2, 0.25) is 0 Å². The number of para-hydroxylation sites is 2. The van der Waals surface area contributed by atoms with E-state index in [1.807, 2.05) is 42.5 Å². The Bertz CT molecular complexity index is 894. The summed E-state index contributed by atoms with van der Waals surface area (Å²) in [6, 6.07) is 18.3. The van der Waals surface area contributed by atoms with Crippen LogP contribution in [0, 0.1) is 0 Å². The second-order valence-electron chi connectivity index (χ2n) is 6.50. The number of nitrogens with zero attached hydrogens (tertiary/aromatic N) is 2. The highest BCUT2D eigenvalue weighted by Gasteiger charge is 2.28. The number of rotatable bonds is 4. The summed E-state index contributed by atoms with van der Waals surface area (Å²) in [5.74, 6) is 2.26. The summed E-state index contributed by atoms with van der Waals surface area (Å²) in [5, 5.41) is 10.9. The van der Waals surface area contributed by atoms with Crippen molar-refractivity contribution in [2.75, 3.05) is 25.1 Å². The fraction of sp³-hybridized carbons (Fsp3) is 0.286. The molecule has 0 aliphatic carbocycles. The maximum atomic E-state index is 9.82. The molecule has 128 valence electrons. The van der Waals surface area contributed by atoms with Gasteiger partial charge in [-0.3, -0.25) is 0 Å². The topological polar surface area (TPSA) is 45.6 Å². The number of aliphatic hydroxyl groups is 1. The predicted octanol–water partition coefficient (Wildman–Crippen LogP) is 3.73. The first-order valence-electron chi connectivity index (χ1n) is 8.67. The van der Waals surface area contributed by atoms with E-state index in [1.165, 1.54) is 5.56 Å². The summed E-state index contributed by atoms with van der Waals surface area (Å²) in [6.07, 6.45) is 1.06. The third-order valence-electron chi connectivity index (χ3n) is 5.02. The SMILES string of the molecule is COc1ccccc1C1CCN(c2nc3ccccc3cc2CO)C1. The molecule has 25 heavy (non-hydrogen) atoms. The molecule has 1 atom stereocenters. The van der Waals surface area contributed by atoms with Gasteiger partial charge in [0, 0.05) is 30.0 Å². The average Bonchev–Trinajstić information content (AvgIpc) is 3.16. The fourth-order valence-electron chi connectivity index (χ4n) is 3.75. The van der Waals surface area contributed by atoms with Gasteiger partial charge in [-0.2, -0.15) is 0 Å². The lowest BCUT2D eigenvalue weighted by Gasteiger charge is -2.21. The normalized spacial score (nSPS) is 17.2. The molecule has 0 spiro atoms. The van der Waals surface area contributed by atoms with E-state index in [2.05, 4.69) is 17.0 Å². The van der Waals surface area contributed by atoms with Crippen LogP contribution in [0.1, 0.15) is 23.5 Å². The lowest BCUT2D eigenvalue weighted by molar-refractivity contribution is 0.282. The Hall–Kier alpha value is -2.59. The zero-order chi connectivity index (χ0) is 17.2. The molecule has 0 saturated carbocycles. The highest BCUT2D eigenvalue weighted by atomic mass is 16.5. The zero-order valence-corrected chi connectivity index (χ0v) is 14.4. The highest BCUT2D eigenvalue weighted by Crippen LogP contribution is 2.36. The van der Waals surface area contributed by atoms with E-state index in [-0.39, 0.29) is 6.61 Å². The minimum atomic E-state index is 0.00297. The largest absolute Gasteiger partial charge is 0.496 e. The first-order chi connectivity index (χ1) is 12.3. The lowest BCUT2D eigenvalue weighted by Crippen LogP contribution is -2.22. The second kappa shape index (κ2) is 6.73. The predicted molar refractivity (Wildman–Crippen MR) is 100 cm³/mol. The summed E-state index contributed by atoms with van der Waals surface area (Å²) in [4.78, 5) is 7.12. The molecule has 1 saturated heterocycles. The van der Waals surface area contributed by atoms with Gasteiger partial charge in [0.05, 0.1) is 19.2 Å². The molecule has 0 bridgehead atoms. The van der Waals surface area contributed by atoms with Crippen molar-refractivity contribution in [2.24, 2.45) is 0 Å².